The van der Waals surface area contributed by atoms with E-state index in [0.717, 1.165) is 11.4 Å². The largest absolute Gasteiger partial charge is 0.368 e. The van der Waals surface area contributed by atoms with Crippen LogP contribution < -0.4 is 10.2 Å². The molecule has 8 heteroatoms. The van der Waals surface area contributed by atoms with Gasteiger partial charge in [-0.3, -0.25) is 9.59 Å². The average Bonchev–Trinajstić information content (AvgIpc) is 3.23. The Labute approximate surface area is 180 Å². The number of anilines is 2. The second-order valence-electron chi connectivity index (χ2n) is 7.32. The van der Waals surface area contributed by atoms with Crippen molar-refractivity contribution in [1.29, 1.82) is 0 Å². The van der Waals surface area contributed by atoms with Crippen LogP contribution in [0.3, 0.4) is 0 Å². The van der Waals surface area contributed by atoms with E-state index < -0.39 is 0 Å². The highest BCUT2D eigenvalue weighted by atomic mass is 19.1. The van der Waals surface area contributed by atoms with Crippen LogP contribution in [0.5, 0.6) is 0 Å². The molecule has 1 saturated heterocycles. The first-order chi connectivity index (χ1) is 15.0. The van der Waals surface area contributed by atoms with Crippen molar-refractivity contribution in [3.63, 3.8) is 0 Å². The molecule has 2 amide bonds. The number of halogens is 1. The van der Waals surface area contributed by atoms with E-state index in [-0.39, 0.29) is 23.3 Å². The first-order valence-corrected chi connectivity index (χ1v) is 10.3. The lowest BCUT2D eigenvalue weighted by atomic mass is 10.2. The van der Waals surface area contributed by atoms with Crippen LogP contribution in [0.15, 0.2) is 60.7 Å². The average molecular weight is 421 g/mol. The highest BCUT2D eigenvalue weighted by molar-refractivity contribution is 5.95. The minimum atomic E-state index is -0.266. The quantitative estimate of drug-likeness (QED) is 0.686. The Morgan fingerprint density at radius 2 is 1.65 bits per heavy atom. The van der Waals surface area contributed by atoms with Gasteiger partial charge in [-0.1, -0.05) is 25.1 Å². The van der Waals surface area contributed by atoms with E-state index >= 15 is 0 Å². The number of carbonyl (C=O) groups excluding carboxylic acids is 2. The van der Waals surface area contributed by atoms with Gasteiger partial charge in [0.1, 0.15) is 11.6 Å². The van der Waals surface area contributed by atoms with Crippen molar-refractivity contribution in [3.8, 4) is 5.69 Å². The third kappa shape index (κ3) is 4.58. The predicted octanol–water partition coefficient (Wildman–Crippen LogP) is 3.32. The van der Waals surface area contributed by atoms with Gasteiger partial charge in [0, 0.05) is 44.4 Å². The Morgan fingerprint density at radius 1 is 0.968 bits per heavy atom. The Kier molecular flexibility index (Phi) is 5.97. The molecule has 2 heterocycles. The van der Waals surface area contributed by atoms with Gasteiger partial charge in [-0.15, -0.1) is 0 Å². The summed E-state index contributed by atoms with van der Waals surface area (Å²) in [5.74, 6) is -0.131. The molecule has 0 saturated carbocycles. The normalized spacial score (nSPS) is 13.9. The zero-order valence-corrected chi connectivity index (χ0v) is 17.3. The summed E-state index contributed by atoms with van der Waals surface area (Å²) in [6, 6.07) is 17.4. The fourth-order valence-corrected chi connectivity index (χ4v) is 3.55. The molecule has 4 rings (SSSR count). The standard InChI is InChI=1S/C23H24FN5O2/c1-2-22(30)25-21-16-20(26-29(21)19-6-4-3-5-7-19)23(31)28-14-12-27(13-15-28)18-10-8-17(24)9-11-18/h3-11,16H,2,12-15H2,1H3,(H,25,30). The fourth-order valence-electron chi connectivity index (χ4n) is 3.55. The lowest BCUT2D eigenvalue weighted by molar-refractivity contribution is -0.115. The molecule has 1 aliphatic heterocycles. The highest BCUT2D eigenvalue weighted by Gasteiger charge is 2.25. The smallest absolute Gasteiger partial charge is 0.274 e. The first-order valence-electron chi connectivity index (χ1n) is 10.3. The summed E-state index contributed by atoms with van der Waals surface area (Å²) in [7, 11) is 0. The van der Waals surface area contributed by atoms with Crippen LogP contribution in [0, 0.1) is 5.82 Å². The van der Waals surface area contributed by atoms with Crippen molar-refractivity contribution in [3.05, 3.63) is 72.2 Å². The van der Waals surface area contributed by atoms with Gasteiger partial charge in [0.05, 0.1) is 5.69 Å². The van der Waals surface area contributed by atoms with Crippen molar-refractivity contribution < 1.29 is 14.0 Å². The van der Waals surface area contributed by atoms with Gasteiger partial charge in [-0.25, -0.2) is 9.07 Å². The van der Waals surface area contributed by atoms with Crippen LogP contribution in [0.1, 0.15) is 23.8 Å². The number of benzene rings is 2. The second kappa shape index (κ2) is 8.99. The van der Waals surface area contributed by atoms with E-state index in [1.807, 2.05) is 30.3 Å². The number of carbonyl (C=O) groups is 2. The molecule has 2 aromatic carbocycles. The van der Waals surface area contributed by atoms with Gasteiger partial charge in [-0.05, 0) is 36.4 Å². The number of hydrogen-bond donors (Lipinski definition) is 1. The van der Waals surface area contributed by atoms with Crippen LogP contribution in [0.2, 0.25) is 0 Å². The molecule has 3 aromatic rings. The van der Waals surface area contributed by atoms with Crippen molar-refractivity contribution in [2.45, 2.75) is 13.3 Å². The number of nitrogens with one attached hydrogen (secondary N) is 1. The molecule has 0 unspecified atom stereocenters. The van der Waals surface area contributed by atoms with E-state index in [2.05, 4.69) is 15.3 Å². The van der Waals surface area contributed by atoms with Crippen LogP contribution in [-0.2, 0) is 4.79 Å². The summed E-state index contributed by atoms with van der Waals surface area (Å²) in [6.45, 7) is 4.13. The maximum Gasteiger partial charge on any atom is 0.274 e. The molecule has 0 atom stereocenters. The van der Waals surface area contributed by atoms with Crippen molar-refractivity contribution >= 4 is 23.3 Å². The van der Waals surface area contributed by atoms with Crippen molar-refractivity contribution in [2.24, 2.45) is 0 Å². The van der Waals surface area contributed by atoms with Crippen LogP contribution in [0.4, 0.5) is 15.9 Å². The minimum Gasteiger partial charge on any atom is -0.368 e. The number of aromatic nitrogens is 2. The van der Waals surface area contributed by atoms with Crippen LogP contribution >= 0.6 is 0 Å². The monoisotopic (exact) mass is 421 g/mol. The van der Waals surface area contributed by atoms with Gasteiger partial charge in [0.2, 0.25) is 5.91 Å². The number of amides is 2. The molecule has 1 N–H and O–H groups in total. The molecule has 0 spiro atoms. The molecule has 1 fully saturated rings. The van der Waals surface area contributed by atoms with Gasteiger partial charge in [0.25, 0.3) is 5.91 Å². The number of piperazine rings is 1. The zero-order valence-electron chi connectivity index (χ0n) is 17.3. The molecular formula is C23H24FN5O2. The highest BCUT2D eigenvalue weighted by Crippen LogP contribution is 2.21. The number of rotatable bonds is 5. The summed E-state index contributed by atoms with van der Waals surface area (Å²) in [4.78, 5) is 28.9. The summed E-state index contributed by atoms with van der Waals surface area (Å²) in [5, 5.41) is 7.31. The van der Waals surface area contributed by atoms with Crippen molar-refractivity contribution in [2.75, 3.05) is 36.4 Å². The lowest BCUT2D eigenvalue weighted by Crippen LogP contribution is -2.48. The van der Waals surface area contributed by atoms with Crippen molar-refractivity contribution in [1.82, 2.24) is 14.7 Å². The number of hydrogen-bond acceptors (Lipinski definition) is 4. The summed E-state index contributed by atoms with van der Waals surface area (Å²) in [5.41, 5.74) is 1.98. The molecule has 160 valence electrons. The van der Waals surface area contributed by atoms with Gasteiger partial charge in [0.15, 0.2) is 5.69 Å². The van der Waals surface area contributed by atoms with Gasteiger partial charge >= 0.3 is 0 Å². The van der Waals surface area contributed by atoms with Gasteiger partial charge < -0.3 is 15.1 Å². The van der Waals surface area contributed by atoms with Crippen LogP contribution in [0.25, 0.3) is 5.69 Å². The Hall–Kier alpha value is -3.68. The zero-order chi connectivity index (χ0) is 21.8. The van der Waals surface area contributed by atoms with E-state index in [1.165, 1.54) is 12.1 Å². The third-order valence-electron chi connectivity index (χ3n) is 5.28. The minimum absolute atomic E-state index is 0.149. The number of para-hydroxylation sites is 1. The maximum atomic E-state index is 13.2. The second-order valence-corrected chi connectivity index (χ2v) is 7.32. The third-order valence-corrected chi connectivity index (χ3v) is 5.28. The fraction of sp³-hybridized carbons (Fsp3) is 0.261. The lowest BCUT2D eigenvalue weighted by Gasteiger charge is -2.35. The number of nitrogens with zero attached hydrogens (tertiary/aromatic N) is 4. The topological polar surface area (TPSA) is 70.5 Å². The summed E-state index contributed by atoms with van der Waals surface area (Å²) in [6.07, 6.45) is 0.328. The molecule has 0 aliphatic carbocycles. The molecule has 0 bridgehead atoms. The Morgan fingerprint density at radius 3 is 2.29 bits per heavy atom. The van der Waals surface area contributed by atoms with Crippen LogP contribution in [-0.4, -0.2) is 52.7 Å². The summed E-state index contributed by atoms with van der Waals surface area (Å²) < 4.78 is 14.7. The van der Waals surface area contributed by atoms with E-state index in [4.69, 9.17) is 0 Å². The predicted molar refractivity (Wildman–Crippen MR) is 117 cm³/mol. The van der Waals surface area contributed by atoms with E-state index in [0.29, 0.717) is 38.4 Å². The van der Waals surface area contributed by atoms with E-state index in [9.17, 15) is 14.0 Å². The van der Waals surface area contributed by atoms with E-state index in [1.54, 1.807) is 34.7 Å². The summed E-state index contributed by atoms with van der Waals surface area (Å²) >= 11 is 0. The Balaban J connectivity index is 1.50. The molecule has 1 aliphatic rings. The molecule has 31 heavy (non-hydrogen) atoms. The first kappa shape index (κ1) is 20.6. The SMILES string of the molecule is CCC(=O)Nc1cc(C(=O)N2CCN(c3ccc(F)cc3)CC2)nn1-c1ccccc1. The molecular weight excluding hydrogens is 397 g/mol. The van der Waals surface area contributed by atoms with Gasteiger partial charge in [-0.2, -0.15) is 5.10 Å². The molecule has 7 nitrogen and oxygen atoms in total. The maximum absolute atomic E-state index is 13.2. The Bertz CT molecular complexity index is 1060. The molecule has 1 aromatic heterocycles. The molecule has 0 radical (unpaired) electrons.